The Labute approximate surface area is 305 Å². The molecule has 0 fully saturated rings. The molecule has 0 saturated carbocycles. The minimum atomic E-state index is 0.638. The standard InChI is InChI=1S/C46H92N2/c1-4-7-10-13-16-19-21-23-25-27-29-31-34-37-40-43-48-45-44-47(46(48)41-38-35-32-18-15-12-9-6-3)42-39-36-33-30-28-26-24-22-20-17-14-11-8-5-2/h44-46H,4-43H2,1-3H3. The molecule has 48 heavy (non-hydrogen) atoms. The van der Waals surface area contributed by atoms with Crippen molar-refractivity contribution in [2.45, 2.75) is 271 Å². The quantitative estimate of drug-likeness (QED) is 0.0598. The lowest BCUT2D eigenvalue weighted by Gasteiger charge is -2.33. The summed E-state index contributed by atoms with van der Waals surface area (Å²) in [6, 6.07) is 0. The van der Waals surface area contributed by atoms with E-state index in [0.29, 0.717) is 6.17 Å². The first kappa shape index (κ1) is 45.4. The van der Waals surface area contributed by atoms with E-state index in [2.05, 4.69) is 43.0 Å². The van der Waals surface area contributed by atoms with Crippen LogP contribution in [0.1, 0.15) is 265 Å². The summed E-state index contributed by atoms with van der Waals surface area (Å²) in [5.74, 6) is 0. The number of rotatable bonds is 40. The molecule has 1 atom stereocenters. The maximum atomic E-state index is 2.73. The van der Waals surface area contributed by atoms with Crippen LogP contribution in [0.2, 0.25) is 0 Å². The molecule has 0 aromatic carbocycles. The molecule has 2 nitrogen and oxygen atoms in total. The topological polar surface area (TPSA) is 6.48 Å². The molecule has 0 spiro atoms. The second kappa shape index (κ2) is 37.6. The van der Waals surface area contributed by atoms with Crippen LogP contribution in [0.3, 0.4) is 0 Å². The lowest BCUT2D eigenvalue weighted by atomic mass is 10.0. The van der Waals surface area contributed by atoms with Crippen molar-refractivity contribution in [2.75, 3.05) is 13.1 Å². The molecule has 2 heteroatoms. The Kier molecular flexibility index (Phi) is 35.5. The molecule has 0 radical (unpaired) electrons. The van der Waals surface area contributed by atoms with Crippen LogP contribution in [-0.2, 0) is 0 Å². The van der Waals surface area contributed by atoms with Gasteiger partial charge in [0.2, 0.25) is 0 Å². The van der Waals surface area contributed by atoms with E-state index in [1.54, 1.807) is 0 Å². The summed E-state index contributed by atoms with van der Waals surface area (Å²) >= 11 is 0. The molecule has 0 saturated heterocycles. The van der Waals surface area contributed by atoms with Gasteiger partial charge in [0, 0.05) is 25.5 Å². The monoisotopic (exact) mass is 673 g/mol. The fourth-order valence-corrected chi connectivity index (χ4v) is 7.95. The van der Waals surface area contributed by atoms with Gasteiger partial charge in [-0.3, -0.25) is 0 Å². The zero-order valence-corrected chi connectivity index (χ0v) is 33.9. The van der Waals surface area contributed by atoms with Gasteiger partial charge in [0.15, 0.2) is 0 Å². The van der Waals surface area contributed by atoms with Crippen LogP contribution in [0.25, 0.3) is 0 Å². The van der Waals surface area contributed by atoms with E-state index < -0.39 is 0 Å². The number of unbranched alkanes of at least 4 members (excludes halogenated alkanes) is 34. The Morgan fingerprint density at radius 2 is 0.479 bits per heavy atom. The summed E-state index contributed by atoms with van der Waals surface area (Å²) in [7, 11) is 0. The second-order valence-electron chi connectivity index (χ2n) is 16.1. The van der Waals surface area contributed by atoms with Crippen LogP contribution in [0.4, 0.5) is 0 Å². The van der Waals surface area contributed by atoms with E-state index in [-0.39, 0.29) is 0 Å². The van der Waals surface area contributed by atoms with Crippen molar-refractivity contribution in [1.29, 1.82) is 0 Å². The molecule has 0 bridgehead atoms. The summed E-state index contributed by atoms with van der Waals surface area (Å²) in [5.41, 5.74) is 0. The predicted molar refractivity (Wildman–Crippen MR) is 219 cm³/mol. The highest BCUT2D eigenvalue weighted by Crippen LogP contribution is 2.24. The van der Waals surface area contributed by atoms with E-state index in [0.717, 1.165) is 0 Å². The highest BCUT2D eigenvalue weighted by atomic mass is 15.4. The average Bonchev–Trinajstić information content (AvgIpc) is 3.48. The molecule has 0 aromatic heterocycles. The van der Waals surface area contributed by atoms with Gasteiger partial charge in [-0.1, -0.05) is 239 Å². The maximum absolute atomic E-state index is 2.73. The third-order valence-corrected chi connectivity index (χ3v) is 11.3. The zero-order chi connectivity index (χ0) is 34.4. The first-order valence-corrected chi connectivity index (χ1v) is 23.0. The smallest absolute Gasteiger partial charge is 0.101 e. The van der Waals surface area contributed by atoms with Gasteiger partial charge in [-0.2, -0.15) is 0 Å². The highest BCUT2D eigenvalue weighted by Gasteiger charge is 2.24. The normalized spacial score (nSPS) is 14.6. The van der Waals surface area contributed by atoms with Crippen molar-refractivity contribution < 1.29 is 0 Å². The van der Waals surface area contributed by atoms with Crippen molar-refractivity contribution in [3.05, 3.63) is 12.4 Å². The number of hydrogen-bond donors (Lipinski definition) is 0. The van der Waals surface area contributed by atoms with Crippen molar-refractivity contribution in [2.24, 2.45) is 0 Å². The van der Waals surface area contributed by atoms with Gasteiger partial charge >= 0.3 is 0 Å². The van der Waals surface area contributed by atoms with Crippen LogP contribution >= 0.6 is 0 Å². The first-order chi connectivity index (χ1) is 23.8. The molecule has 286 valence electrons. The zero-order valence-electron chi connectivity index (χ0n) is 33.9. The third-order valence-electron chi connectivity index (χ3n) is 11.3. The maximum Gasteiger partial charge on any atom is 0.101 e. The third kappa shape index (κ3) is 29.1. The van der Waals surface area contributed by atoms with Crippen molar-refractivity contribution in [3.63, 3.8) is 0 Å². The van der Waals surface area contributed by atoms with Crippen LogP contribution in [0.15, 0.2) is 12.4 Å². The molecule has 1 aliphatic heterocycles. The van der Waals surface area contributed by atoms with Crippen molar-refractivity contribution in [1.82, 2.24) is 9.80 Å². The number of nitrogens with zero attached hydrogens (tertiary/aromatic N) is 2. The largest absolute Gasteiger partial charge is 0.356 e. The first-order valence-electron chi connectivity index (χ1n) is 23.0. The van der Waals surface area contributed by atoms with Gasteiger partial charge in [-0.25, -0.2) is 0 Å². The fourth-order valence-electron chi connectivity index (χ4n) is 7.95. The highest BCUT2D eigenvalue weighted by molar-refractivity contribution is 4.97. The van der Waals surface area contributed by atoms with Crippen LogP contribution in [0.5, 0.6) is 0 Å². The van der Waals surface area contributed by atoms with E-state index >= 15 is 0 Å². The number of hydrogen-bond acceptors (Lipinski definition) is 2. The van der Waals surface area contributed by atoms with Gasteiger partial charge in [0.25, 0.3) is 0 Å². The van der Waals surface area contributed by atoms with Crippen molar-refractivity contribution >= 4 is 0 Å². The molecule has 0 amide bonds. The minimum absolute atomic E-state index is 0.638. The van der Waals surface area contributed by atoms with Gasteiger partial charge in [-0.15, -0.1) is 0 Å². The lowest BCUT2D eigenvalue weighted by Crippen LogP contribution is -2.39. The summed E-state index contributed by atoms with van der Waals surface area (Å²) in [5, 5.41) is 0. The Hall–Kier alpha value is -0.660. The summed E-state index contributed by atoms with van der Waals surface area (Å²) < 4.78 is 0. The second-order valence-corrected chi connectivity index (χ2v) is 16.1. The molecule has 0 aromatic rings. The van der Waals surface area contributed by atoms with Crippen LogP contribution < -0.4 is 0 Å². The van der Waals surface area contributed by atoms with Gasteiger partial charge in [0.05, 0.1) is 0 Å². The van der Waals surface area contributed by atoms with Gasteiger partial charge in [-0.05, 0) is 25.7 Å². The lowest BCUT2D eigenvalue weighted by molar-refractivity contribution is 0.135. The summed E-state index contributed by atoms with van der Waals surface area (Å²) in [6.07, 6.45) is 60.4. The van der Waals surface area contributed by atoms with E-state index in [9.17, 15) is 0 Å². The average molecular weight is 673 g/mol. The minimum Gasteiger partial charge on any atom is -0.356 e. The molecule has 1 rings (SSSR count). The molecule has 1 heterocycles. The van der Waals surface area contributed by atoms with Gasteiger partial charge < -0.3 is 9.80 Å². The van der Waals surface area contributed by atoms with Crippen LogP contribution in [0, 0.1) is 0 Å². The van der Waals surface area contributed by atoms with Crippen molar-refractivity contribution in [3.8, 4) is 0 Å². The molecule has 0 aliphatic carbocycles. The van der Waals surface area contributed by atoms with E-state index in [1.165, 1.54) is 257 Å². The van der Waals surface area contributed by atoms with Crippen LogP contribution in [-0.4, -0.2) is 29.1 Å². The van der Waals surface area contributed by atoms with E-state index in [4.69, 9.17) is 0 Å². The predicted octanol–water partition coefficient (Wildman–Crippen LogP) is 16.3. The van der Waals surface area contributed by atoms with E-state index in [1.807, 2.05) is 0 Å². The summed E-state index contributed by atoms with van der Waals surface area (Å²) in [4.78, 5) is 5.46. The SMILES string of the molecule is CCCCCCCCCCCCCCCCCN1C=CN(CCCCCCCCCCCCCCCC)C1CCCCCCCCCC. The molecule has 1 aliphatic rings. The fraction of sp³-hybridized carbons (Fsp3) is 0.957. The molecule has 1 unspecified atom stereocenters. The Morgan fingerprint density at radius 3 is 0.729 bits per heavy atom. The Morgan fingerprint density at radius 1 is 0.271 bits per heavy atom. The van der Waals surface area contributed by atoms with Gasteiger partial charge in [0.1, 0.15) is 6.17 Å². The Bertz CT molecular complexity index is 630. The molecular weight excluding hydrogens is 581 g/mol. The Balaban J connectivity index is 2.16. The summed E-state index contributed by atoms with van der Waals surface area (Å²) in [6.45, 7) is 9.49. The molecular formula is C46H92N2. The molecule has 0 N–H and O–H groups in total.